The van der Waals surface area contributed by atoms with Crippen LogP contribution >= 0.6 is 0 Å². The summed E-state index contributed by atoms with van der Waals surface area (Å²) in [5.74, 6) is 0.266. The molecule has 0 aliphatic rings. The van der Waals surface area contributed by atoms with E-state index in [2.05, 4.69) is 20.5 Å². The zero-order chi connectivity index (χ0) is 13.4. The highest BCUT2D eigenvalue weighted by atomic mass is 16.1. The molecule has 5 N–H and O–H groups in total. The molecule has 19 heavy (non-hydrogen) atoms. The zero-order valence-electron chi connectivity index (χ0n) is 10.3. The van der Waals surface area contributed by atoms with Crippen LogP contribution in [0.5, 0.6) is 0 Å². The van der Waals surface area contributed by atoms with Gasteiger partial charge >= 0.3 is 0 Å². The normalized spacial score (nSPS) is 10.8. The smallest absolute Gasteiger partial charge is 0.273 e. The van der Waals surface area contributed by atoms with Crippen LogP contribution in [0.25, 0.3) is 10.9 Å². The fraction of sp³-hybridized carbons (Fsp3) is 0.0769. The van der Waals surface area contributed by atoms with Crippen LogP contribution in [0.3, 0.4) is 0 Å². The van der Waals surface area contributed by atoms with Gasteiger partial charge in [-0.15, -0.1) is 0 Å². The zero-order valence-corrected chi connectivity index (χ0v) is 10.3. The van der Waals surface area contributed by atoms with Crippen LogP contribution < -0.4 is 11.1 Å². The van der Waals surface area contributed by atoms with Crippen LogP contribution in [0.15, 0.2) is 30.3 Å². The number of amides is 1. The summed E-state index contributed by atoms with van der Waals surface area (Å²) in [7, 11) is 0. The number of carbonyl (C=O) groups is 1. The largest absolute Gasteiger partial charge is 0.399 e. The summed E-state index contributed by atoms with van der Waals surface area (Å²) in [5, 5.41) is 10.3. The van der Waals surface area contributed by atoms with Gasteiger partial charge in [-0.3, -0.25) is 9.89 Å². The van der Waals surface area contributed by atoms with Gasteiger partial charge in [-0.05, 0) is 31.2 Å². The van der Waals surface area contributed by atoms with E-state index in [1.54, 1.807) is 18.2 Å². The van der Waals surface area contributed by atoms with Gasteiger partial charge in [0.1, 0.15) is 5.69 Å². The first-order chi connectivity index (χ1) is 9.11. The molecule has 0 bridgehead atoms. The number of aromatic nitrogens is 3. The van der Waals surface area contributed by atoms with Gasteiger partial charge in [0.2, 0.25) is 0 Å². The molecular formula is C13H13N5O. The average Bonchev–Trinajstić information content (AvgIpc) is 2.95. The molecule has 0 saturated heterocycles. The van der Waals surface area contributed by atoms with Crippen molar-refractivity contribution >= 4 is 28.3 Å². The van der Waals surface area contributed by atoms with E-state index >= 15 is 0 Å². The number of carbonyl (C=O) groups excluding carboxylic acids is 1. The number of nitrogen functional groups attached to an aromatic ring is 1. The monoisotopic (exact) mass is 255 g/mol. The molecule has 2 heterocycles. The van der Waals surface area contributed by atoms with E-state index < -0.39 is 0 Å². The molecule has 1 aromatic carbocycles. The van der Waals surface area contributed by atoms with E-state index in [9.17, 15) is 4.79 Å². The van der Waals surface area contributed by atoms with Crippen molar-refractivity contribution in [2.45, 2.75) is 6.92 Å². The van der Waals surface area contributed by atoms with E-state index in [4.69, 9.17) is 5.73 Å². The van der Waals surface area contributed by atoms with E-state index in [0.29, 0.717) is 17.2 Å². The third-order valence-electron chi connectivity index (χ3n) is 2.84. The van der Waals surface area contributed by atoms with Gasteiger partial charge < -0.3 is 16.0 Å². The molecular weight excluding hydrogens is 242 g/mol. The van der Waals surface area contributed by atoms with Crippen LogP contribution in [0.4, 0.5) is 11.5 Å². The quantitative estimate of drug-likeness (QED) is 0.527. The summed E-state index contributed by atoms with van der Waals surface area (Å²) < 4.78 is 0. The maximum Gasteiger partial charge on any atom is 0.273 e. The van der Waals surface area contributed by atoms with Gasteiger partial charge in [0.15, 0.2) is 5.82 Å². The lowest BCUT2D eigenvalue weighted by molar-refractivity contribution is 0.102. The second-order valence-electron chi connectivity index (χ2n) is 4.42. The fourth-order valence-corrected chi connectivity index (χ4v) is 1.94. The van der Waals surface area contributed by atoms with Gasteiger partial charge in [0.05, 0.1) is 0 Å². The summed E-state index contributed by atoms with van der Waals surface area (Å²) in [6.07, 6.45) is 0. The SMILES string of the molecule is Cc1cc(NC(=O)c2cc3cc(N)ccc3[nH]2)n[nH]1. The van der Waals surface area contributed by atoms with Gasteiger partial charge in [0.25, 0.3) is 5.91 Å². The molecule has 0 atom stereocenters. The summed E-state index contributed by atoms with van der Waals surface area (Å²) >= 11 is 0. The number of H-pyrrole nitrogens is 2. The fourth-order valence-electron chi connectivity index (χ4n) is 1.94. The molecule has 0 aliphatic heterocycles. The third-order valence-corrected chi connectivity index (χ3v) is 2.84. The van der Waals surface area contributed by atoms with Crippen LogP contribution in [0.1, 0.15) is 16.2 Å². The predicted molar refractivity (Wildman–Crippen MR) is 74.0 cm³/mol. The van der Waals surface area contributed by atoms with Crippen molar-refractivity contribution in [3.05, 3.63) is 41.7 Å². The van der Waals surface area contributed by atoms with Gasteiger partial charge in [0, 0.05) is 28.4 Å². The molecule has 3 rings (SSSR count). The lowest BCUT2D eigenvalue weighted by atomic mass is 10.2. The summed E-state index contributed by atoms with van der Waals surface area (Å²) in [4.78, 5) is 15.1. The van der Waals surface area contributed by atoms with Crippen LogP contribution in [0.2, 0.25) is 0 Å². The highest BCUT2D eigenvalue weighted by molar-refractivity contribution is 6.05. The van der Waals surface area contributed by atoms with Crippen molar-refractivity contribution in [2.24, 2.45) is 0 Å². The lowest BCUT2D eigenvalue weighted by Crippen LogP contribution is -2.12. The van der Waals surface area contributed by atoms with Crippen molar-refractivity contribution in [3.63, 3.8) is 0 Å². The molecule has 0 aliphatic carbocycles. The second kappa shape index (κ2) is 4.16. The van der Waals surface area contributed by atoms with Gasteiger partial charge in [-0.1, -0.05) is 0 Å². The summed E-state index contributed by atoms with van der Waals surface area (Å²) in [6.45, 7) is 1.87. The average molecular weight is 255 g/mol. The number of aromatic amines is 2. The standard InChI is InChI=1S/C13H13N5O/c1-7-4-12(18-17-7)16-13(19)11-6-8-5-9(14)2-3-10(8)15-11/h2-6,15H,14H2,1H3,(H2,16,17,18,19). The molecule has 96 valence electrons. The molecule has 0 unspecified atom stereocenters. The van der Waals surface area contributed by atoms with Crippen molar-refractivity contribution in [1.29, 1.82) is 0 Å². The minimum atomic E-state index is -0.235. The minimum absolute atomic E-state index is 0.235. The van der Waals surface area contributed by atoms with Gasteiger partial charge in [-0.25, -0.2) is 0 Å². The Hall–Kier alpha value is -2.76. The molecule has 0 fully saturated rings. The molecule has 0 saturated carbocycles. The number of anilines is 2. The molecule has 3 aromatic rings. The highest BCUT2D eigenvalue weighted by Crippen LogP contribution is 2.19. The van der Waals surface area contributed by atoms with E-state index in [-0.39, 0.29) is 5.91 Å². The number of nitrogens with two attached hydrogens (primary N) is 1. The van der Waals surface area contributed by atoms with E-state index in [0.717, 1.165) is 16.6 Å². The van der Waals surface area contributed by atoms with Crippen molar-refractivity contribution in [3.8, 4) is 0 Å². The van der Waals surface area contributed by atoms with Crippen LogP contribution in [0, 0.1) is 6.92 Å². The molecule has 1 amide bonds. The Kier molecular flexibility index (Phi) is 2.49. The summed E-state index contributed by atoms with van der Waals surface area (Å²) in [5.41, 5.74) is 8.61. The Morgan fingerprint density at radius 1 is 1.32 bits per heavy atom. The Morgan fingerprint density at radius 2 is 2.16 bits per heavy atom. The number of hydrogen-bond acceptors (Lipinski definition) is 3. The predicted octanol–water partition coefficient (Wildman–Crippen LogP) is 2.03. The number of nitrogens with one attached hydrogen (secondary N) is 3. The Bertz CT molecular complexity index is 755. The van der Waals surface area contributed by atoms with Crippen molar-refractivity contribution < 1.29 is 4.79 Å². The first kappa shape index (κ1) is 11.3. The topological polar surface area (TPSA) is 99.6 Å². The van der Waals surface area contributed by atoms with Gasteiger partial charge in [-0.2, -0.15) is 5.10 Å². The lowest BCUT2D eigenvalue weighted by Gasteiger charge is -1.97. The molecule has 6 heteroatoms. The first-order valence-electron chi connectivity index (χ1n) is 5.83. The minimum Gasteiger partial charge on any atom is -0.399 e. The third kappa shape index (κ3) is 2.15. The maximum atomic E-state index is 12.1. The molecule has 0 spiro atoms. The Morgan fingerprint density at radius 3 is 2.89 bits per heavy atom. The van der Waals surface area contributed by atoms with Crippen molar-refractivity contribution in [2.75, 3.05) is 11.1 Å². The van der Waals surface area contributed by atoms with E-state index in [1.165, 1.54) is 0 Å². The van der Waals surface area contributed by atoms with Crippen LogP contribution in [-0.4, -0.2) is 21.1 Å². The second-order valence-corrected chi connectivity index (χ2v) is 4.42. The maximum absolute atomic E-state index is 12.1. The number of benzene rings is 1. The number of fused-ring (bicyclic) bond motifs is 1. The Balaban J connectivity index is 1.89. The van der Waals surface area contributed by atoms with Crippen molar-refractivity contribution in [1.82, 2.24) is 15.2 Å². The number of nitrogens with zero attached hydrogens (tertiary/aromatic N) is 1. The number of hydrogen-bond donors (Lipinski definition) is 4. The number of rotatable bonds is 2. The molecule has 6 nitrogen and oxygen atoms in total. The molecule has 0 radical (unpaired) electrons. The highest BCUT2D eigenvalue weighted by Gasteiger charge is 2.11. The van der Waals surface area contributed by atoms with E-state index in [1.807, 2.05) is 19.1 Å². The Labute approximate surface area is 109 Å². The molecule has 2 aromatic heterocycles. The van der Waals surface area contributed by atoms with Crippen LogP contribution in [-0.2, 0) is 0 Å². The number of aryl methyl sites for hydroxylation is 1. The summed E-state index contributed by atoms with van der Waals surface area (Å²) in [6, 6.07) is 8.98. The first-order valence-corrected chi connectivity index (χ1v) is 5.83.